The molecule has 5 nitrogen and oxygen atoms in total. The van der Waals surface area contributed by atoms with Crippen molar-refractivity contribution in [3.8, 4) is 0 Å². The Kier molecular flexibility index (Phi) is 4.61. The number of carbonyl (C=O) groups excluding carboxylic acids is 2. The standard InChI is InChI=1S/C25H26N2O3/c1-2-25-13-8-14-27(24(29)30-16-17-9-4-3-5-10-17)23(25)21-18-11-6-7-12-19(18)26-22(21)20(28)15-25/h3-7,9-12,23,26H,2,8,13-16H2,1H3/t23-,25+/m0/s1. The molecule has 2 heterocycles. The minimum atomic E-state index is -0.299. The van der Waals surface area contributed by atoms with Crippen molar-refractivity contribution in [2.75, 3.05) is 6.54 Å². The monoisotopic (exact) mass is 402 g/mol. The minimum Gasteiger partial charge on any atom is -0.445 e. The van der Waals surface area contributed by atoms with Gasteiger partial charge in [0, 0.05) is 34.8 Å². The van der Waals surface area contributed by atoms with Gasteiger partial charge < -0.3 is 14.6 Å². The number of H-pyrrole nitrogens is 1. The number of hydrogen-bond acceptors (Lipinski definition) is 3. The Morgan fingerprint density at radius 2 is 1.93 bits per heavy atom. The Morgan fingerprint density at radius 1 is 1.17 bits per heavy atom. The molecule has 2 atom stereocenters. The number of carbonyl (C=O) groups is 2. The fourth-order valence-corrected chi connectivity index (χ4v) is 5.41. The topological polar surface area (TPSA) is 62.4 Å². The third kappa shape index (κ3) is 2.92. The highest BCUT2D eigenvalue weighted by molar-refractivity contribution is 6.04. The molecule has 1 N–H and O–H groups in total. The summed E-state index contributed by atoms with van der Waals surface area (Å²) in [5.74, 6) is 0.152. The van der Waals surface area contributed by atoms with E-state index in [1.54, 1.807) is 0 Å². The van der Waals surface area contributed by atoms with E-state index in [1.807, 2.05) is 59.5 Å². The lowest BCUT2D eigenvalue weighted by Gasteiger charge is -2.51. The predicted octanol–water partition coefficient (Wildman–Crippen LogP) is 5.62. The lowest BCUT2D eigenvalue weighted by atomic mass is 9.62. The fourth-order valence-electron chi connectivity index (χ4n) is 5.41. The normalized spacial score (nSPS) is 23.2. The van der Waals surface area contributed by atoms with Crippen molar-refractivity contribution >= 4 is 22.8 Å². The van der Waals surface area contributed by atoms with Gasteiger partial charge in [-0.05, 0) is 30.9 Å². The number of ether oxygens (including phenoxy) is 1. The number of ketones is 1. The molecule has 5 rings (SSSR count). The molecule has 2 aliphatic rings. The molecule has 1 aliphatic carbocycles. The number of nitrogens with zero attached hydrogens (tertiary/aromatic N) is 1. The molecule has 1 aliphatic heterocycles. The van der Waals surface area contributed by atoms with Crippen LogP contribution in [-0.2, 0) is 11.3 Å². The maximum Gasteiger partial charge on any atom is 0.410 e. The van der Waals surface area contributed by atoms with Crippen molar-refractivity contribution in [2.24, 2.45) is 5.41 Å². The summed E-state index contributed by atoms with van der Waals surface area (Å²) >= 11 is 0. The van der Waals surface area contributed by atoms with E-state index in [0.717, 1.165) is 41.3 Å². The van der Waals surface area contributed by atoms with Crippen LogP contribution in [-0.4, -0.2) is 28.3 Å². The van der Waals surface area contributed by atoms with Gasteiger partial charge in [0.25, 0.3) is 0 Å². The molecule has 0 spiro atoms. The van der Waals surface area contributed by atoms with E-state index < -0.39 is 0 Å². The first-order chi connectivity index (χ1) is 14.6. The molecular formula is C25H26N2O3. The third-order valence-electron chi connectivity index (χ3n) is 6.92. The second-order valence-electron chi connectivity index (χ2n) is 8.51. The summed E-state index contributed by atoms with van der Waals surface area (Å²) < 4.78 is 5.73. The highest BCUT2D eigenvalue weighted by Gasteiger charge is 2.52. The van der Waals surface area contributed by atoms with Gasteiger partial charge in [0.1, 0.15) is 6.61 Å². The Hall–Kier alpha value is -3.08. The van der Waals surface area contributed by atoms with Gasteiger partial charge in [-0.15, -0.1) is 0 Å². The van der Waals surface area contributed by atoms with Gasteiger partial charge in [-0.3, -0.25) is 4.79 Å². The Labute approximate surface area is 176 Å². The first kappa shape index (κ1) is 18.9. The second-order valence-corrected chi connectivity index (χ2v) is 8.51. The fraction of sp³-hybridized carbons (Fsp3) is 0.360. The molecule has 2 aromatic carbocycles. The van der Waals surface area contributed by atoms with Crippen molar-refractivity contribution in [3.05, 3.63) is 71.4 Å². The number of para-hydroxylation sites is 1. The van der Waals surface area contributed by atoms with E-state index in [2.05, 4.69) is 11.9 Å². The van der Waals surface area contributed by atoms with Gasteiger partial charge in [-0.1, -0.05) is 55.5 Å². The van der Waals surface area contributed by atoms with Crippen LogP contribution in [0, 0.1) is 5.41 Å². The van der Waals surface area contributed by atoms with Crippen molar-refractivity contribution in [1.29, 1.82) is 0 Å². The largest absolute Gasteiger partial charge is 0.445 e. The Bertz CT molecular complexity index is 1100. The SMILES string of the molecule is CC[C@]12CCCN(C(=O)OCc3ccccc3)[C@H]1c1c([nH]c3ccccc13)C(=O)C2. The zero-order valence-corrected chi connectivity index (χ0v) is 17.2. The van der Waals surface area contributed by atoms with Gasteiger partial charge in [0.05, 0.1) is 11.7 Å². The number of Topliss-reactive ketones (excluding diaryl/α,β-unsaturated/α-hetero) is 1. The number of piperidine rings is 1. The molecule has 0 saturated carbocycles. The lowest BCUT2D eigenvalue weighted by molar-refractivity contribution is -0.00690. The number of rotatable bonds is 3. The van der Waals surface area contributed by atoms with Crippen LogP contribution in [0.3, 0.4) is 0 Å². The zero-order valence-electron chi connectivity index (χ0n) is 17.2. The van der Waals surface area contributed by atoms with Crippen LogP contribution in [0.1, 0.15) is 60.3 Å². The van der Waals surface area contributed by atoms with Gasteiger partial charge in [-0.25, -0.2) is 4.79 Å². The summed E-state index contributed by atoms with van der Waals surface area (Å²) in [7, 11) is 0. The predicted molar refractivity (Wildman–Crippen MR) is 115 cm³/mol. The number of aromatic nitrogens is 1. The molecule has 3 aromatic rings. The quantitative estimate of drug-likeness (QED) is 0.618. The summed E-state index contributed by atoms with van der Waals surface area (Å²) in [5.41, 5.74) is 3.31. The number of fused-ring (bicyclic) bond motifs is 5. The van der Waals surface area contributed by atoms with Gasteiger partial charge in [0.2, 0.25) is 0 Å². The first-order valence-corrected chi connectivity index (χ1v) is 10.7. The molecule has 154 valence electrons. The summed E-state index contributed by atoms with van der Waals surface area (Å²) in [5, 5.41) is 1.03. The van der Waals surface area contributed by atoms with Gasteiger partial charge >= 0.3 is 6.09 Å². The van der Waals surface area contributed by atoms with Crippen LogP contribution < -0.4 is 0 Å². The summed E-state index contributed by atoms with van der Waals surface area (Å²) in [6.45, 7) is 3.04. The molecule has 1 saturated heterocycles. The molecule has 1 aromatic heterocycles. The average molecular weight is 402 g/mol. The van der Waals surface area contributed by atoms with Crippen molar-refractivity contribution in [2.45, 2.75) is 45.3 Å². The molecule has 0 unspecified atom stereocenters. The number of likely N-dealkylation sites (tertiary alicyclic amines) is 1. The van der Waals surface area contributed by atoms with Crippen molar-refractivity contribution < 1.29 is 14.3 Å². The maximum absolute atomic E-state index is 13.2. The molecule has 30 heavy (non-hydrogen) atoms. The van der Waals surface area contributed by atoms with Crippen molar-refractivity contribution in [1.82, 2.24) is 9.88 Å². The third-order valence-corrected chi connectivity index (χ3v) is 6.92. The molecular weight excluding hydrogens is 376 g/mol. The molecule has 0 bridgehead atoms. The van der Waals surface area contributed by atoms with E-state index in [-0.39, 0.29) is 29.9 Å². The van der Waals surface area contributed by atoms with Crippen LogP contribution in [0.2, 0.25) is 0 Å². The molecule has 1 fully saturated rings. The molecule has 0 radical (unpaired) electrons. The Balaban J connectivity index is 1.55. The zero-order chi connectivity index (χ0) is 20.7. The van der Waals surface area contributed by atoms with Crippen LogP contribution in [0.4, 0.5) is 4.79 Å². The highest BCUT2D eigenvalue weighted by Crippen LogP contribution is 2.56. The minimum absolute atomic E-state index is 0.150. The first-order valence-electron chi connectivity index (χ1n) is 10.7. The lowest BCUT2D eigenvalue weighted by Crippen LogP contribution is -2.51. The maximum atomic E-state index is 13.2. The van der Waals surface area contributed by atoms with Crippen LogP contribution in [0.5, 0.6) is 0 Å². The molecule has 1 amide bonds. The van der Waals surface area contributed by atoms with E-state index >= 15 is 0 Å². The van der Waals surface area contributed by atoms with Gasteiger partial charge in [-0.2, -0.15) is 0 Å². The summed E-state index contributed by atoms with van der Waals surface area (Å²) in [6, 6.07) is 17.6. The number of nitrogens with one attached hydrogen (secondary N) is 1. The van der Waals surface area contributed by atoms with E-state index in [4.69, 9.17) is 4.74 Å². The number of amides is 1. The smallest absolute Gasteiger partial charge is 0.410 e. The van der Waals surface area contributed by atoms with Crippen LogP contribution in [0.25, 0.3) is 10.9 Å². The summed E-state index contributed by atoms with van der Waals surface area (Å²) in [6.07, 6.45) is 2.85. The highest BCUT2D eigenvalue weighted by atomic mass is 16.6. The second kappa shape index (κ2) is 7.31. The van der Waals surface area contributed by atoms with E-state index in [1.165, 1.54) is 0 Å². The van der Waals surface area contributed by atoms with Crippen LogP contribution in [0.15, 0.2) is 54.6 Å². The summed E-state index contributed by atoms with van der Waals surface area (Å²) in [4.78, 5) is 31.5. The van der Waals surface area contributed by atoms with Crippen molar-refractivity contribution in [3.63, 3.8) is 0 Å². The average Bonchev–Trinajstić information content (AvgIpc) is 3.18. The van der Waals surface area contributed by atoms with Gasteiger partial charge in [0.15, 0.2) is 5.78 Å². The van der Waals surface area contributed by atoms with Crippen LogP contribution >= 0.6 is 0 Å². The number of aromatic amines is 1. The number of hydrogen-bond donors (Lipinski definition) is 1. The van der Waals surface area contributed by atoms with E-state index in [9.17, 15) is 9.59 Å². The van der Waals surface area contributed by atoms with E-state index in [0.29, 0.717) is 18.7 Å². The Morgan fingerprint density at radius 3 is 2.73 bits per heavy atom. The molecule has 5 heteroatoms. The number of benzene rings is 2.